The topological polar surface area (TPSA) is 37.8 Å². The average Bonchev–Trinajstić information content (AvgIpc) is 3.11. The van der Waals surface area contributed by atoms with Crippen LogP contribution in [0.2, 0.25) is 0 Å². The minimum absolute atomic E-state index is 0.522. The molecule has 1 saturated carbocycles. The minimum Gasteiger partial charge on any atom is -0.367 e. The number of halogens is 1. The molecule has 2 rings (SSSR count). The van der Waals surface area contributed by atoms with Crippen LogP contribution in [-0.4, -0.2) is 16.0 Å². The first-order valence-electron chi connectivity index (χ1n) is 6.54. The molecule has 0 saturated heterocycles. The van der Waals surface area contributed by atoms with E-state index in [4.69, 9.17) is 0 Å². The second kappa shape index (κ2) is 5.80. The van der Waals surface area contributed by atoms with Gasteiger partial charge < -0.3 is 5.32 Å². The lowest BCUT2D eigenvalue weighted by atomic mass is 10.1. The van der Waals surface area contributed by atoms with Crippen LogP contribution in [0, 0.1) is 0 Å². The largest absolute Gasteiger partial charge is 0.367 e. The number of nitrogens with one attached hydrogen (secondary N) is 1. The van der Waals surface area contributed by atoms with Gasteiger partial charge in [-0.15, -0.1) is 0 Å². The van der Waals surface area contributed by atoms with Gasteiger partial charge in [0.05, 0.1) is 0 Å². The molecule has 94 valence electrons. The van der Waals surface area contributed by atoms with Crippen LogP contribution in [0.1, 0.15) is 57.7 Å². The highest BCUT2D eigenvalue weighted by Gasteiger charge is 2.27. The molecule has 1 heterocycles. The van der Waals surface area contributed by atoms with E-state index < -0.39 is 0 Å². The Bertz CT molecular complexity index is 377. The van der Waals surface area contributed by atoms with Crippen molar-refractivity contribution in [3.05, 3.63) is 16.5 Å². The number of rotatable bonds is 6. The average molecular weight is 298 g/mol. The Kier molecular flexibility index (Phi) is 4.37. The predicted octanol–water partition coefficient (Wildman–Crippen LogP) is 4.11. The maximum absolute atomic E-state index is 4.61. The van der Waals surface area contributed by atoms with Crippen molar-refractivity contribution in [1.82, 2.24) is 9.97 Å². The second-order valence-corrected chi connectivity index (χ2v) is 5.56. The summed E-state index contributed by atoms with van der Waals surface area (Å²) in [4.78, 5) is 9.05. The molecule has 0 bridgehead atoms. The highest BCUT2D eigenvalue weighted by Crippen LogP contribution is 2.38. The standard InChI is InChI=1S/C13H20BrN3/c1-3-5-10(4-2)15-12-8-11(14)16-13(17-12)9-6-7-9/h8-10H,3-7H2,1-2H3,(H,15,16,17). The highest BCUT2D eigenvalue weighted by atomic mass is 79.9. The number of aromatic nitrogens is 2. The van der Waals surface area contributed by atoms with Gasteiger partial charge in [-0.05, 0) is 41.6 Å². The van der Waals surface area contributed by atoms with E-state index in [0.29, 0.717) is 12.0 Å². The van der Waals surface area contributed by atoms with E-state index in [0.717, 1.165) is 22.7 Å². The van der Waals surface area contributed by atoms with Gasteiger partial charge in [-0.25, -0.2) is 9.97 Å². The quantitative estimate of drug-likeness (QED) is 0.803. The molecule has 0 aromatic carbocycles. The first-order valence-corrected chi connectivity index (χ1v) is 7.33. The Balaban J connectivity index is 2.08. The van der Waals surface area contributed by atoms with E-state index in [1.807, 2.05) is 6.07 Å². The van der Waals surface area contributed by atoms with Crippen LogP contribution in [0.3, 0.4) is 0 Å². The van der Waals surface area contributed by atoms with Crippen molar-refractivity contribution in [2.75, 3.05) is 5.32 Å². The fourth-order valence-corrected chi connectivity index (χ4v) is 2.37. The third-order valence-corrected chi connectivity index (χ3v) is 3.54. The van der Waals surface area contributed by atoms with E-state index >= 15 is 0 Å². The molecule has 0 spiro atoms. The van der Waals surface area contributed by atoms with Gasteiger partial charge in [0.1, 0.15) is 16.2 Å². The maximum atomic E-state index is 4.61. The molecule has 1 aliphatic carbocycles. The zero-order valence-corrected chi connectivity index (χ0v) is 12.1. The molecule has 1 aliphatic rings. The molecule has 0 aliphatic heterocycles. The zero-order valence-electron chi connectivity index (χ0n) is 10.5. The molecule has 3 nitrogen and oxygen atoms in total. The fraction of sp³-hybridized carbons (Fsp3) is 0.692. The third-order valence-electron chi connectivity index (χ3n) is 3.14. The molecule has 0 amide bonds. The molecule has 1 aromatic heterocycles. The van der Waals surface area contributed by atoms with E-state index in [-0.39, 0.29) is 0 Å². The molecule has 1 aromatic rings. The molecule has 17 heavy (non-hydrogen) atoms. The Labute approximate surface area is 112 Å². The third kappa shape index (κ3) is 3.66. The van der Waals surface area contributed by atoms with Crippen molar-refractivity contribution in [3.63, 3.8) is 0 Å². The van der Waals surface area contributed by atoms with E-state index in [9.17, 15) is 0 Å². The first kappa shape index (κ1) is 12.8. The lowest BCUT2D eigenvalue weighted by molar-refractivity contribution is 0.619. The predicted molar refractivity (Wildman–Crippen MR) is 74.3 cm³/mol. The molecule has 1 unspecified atom stereocenters. The fourth-order valence-electron chi connectivity index (χ4n) is 1.97. The van der Waals surface area contributed by atoms with Crippen molar-refractivity contribution >= 4 is 21.7 Å². The smallest absolute Gasteiger partial charge is 0.135 e. The van der Waals surface area contributed by atoms with Crippen molar-refractivity contribution in [3.8, 4) is 0 Å². The molecule has 4 heteroatoms. The van der Waals surface area contributed by atoms with Crippen LogP contribution in [-0.2, 0) is 0 Å². The number of hydrogen-bond acceptors (Lipinski definition) is 3. The monoisotopic (exact) mass is 297 g/mol. The molecule has 1 atom stereocenters. The van der Waals surface area contributed by atoms with Gasteiger partial charge in [0, 0.05) is 18.0 Å². The summed E-state index contributed by atoms with van der Waals surface area (Å²) in [5, 5.41) is 3.51. The highest BCUT2D eigenvalue weighted by molar-refractivity contribution is 9.10. The van der Waals surface area contributed by atoms with Crippen molar-refractivity contribution in [2.24, 2.45) is 0 Å². The minimum atomic E-state index is 0.522. The first-order chi connectivity index (χ1) is 8.22. The van der Waals surface area contributed by atoms with Crippen LogP contribution >= 0.6 is 15.9 Å². The molecule has 1 fully saturated rings. The zero-order chi connectivity index (χ0) is 12.3. The SMILES string of the molecule is CCCC(CC)Nc1cc(Br)nc(C2CC2)n1. The Morgan fingerprint density at radius 3 is 2.76 bits per heavy atom. The van der Waals surface area contributed by atoms with Crippen LogP contribution in [0.25, 0.3) is 0 Å². The Hall–Kier alpha value is -0.640. The van der Waals surface area contributed by atoms with E-state index in [1.54, 1.807) is 0 Å². The van der Waals surface area contributed by atoms with Crippen molar-refractivity contribution in [1.29, 1.82) is 0 Å². The lowest BCUT2D eigenvalue weighted by Gasteiger charge is -2.17. The normalized spacial score (nSPS) is 16.9. The number of anilines is 1. The van der Waals surface area contributed by atoms with Crippen molar-refractivity contribution < 1.29 is 0 Å². The summed E-state index contributed by atoms with van der Waals surface area (Å²) in [6, 6.07) is 2.50. The van der Waals surface area contributed by atoms with E-state index in [2.05, 4.69) is 45.1 Å². The van der Waals surface area contributed by atoms with Gasteiger partial charge in [-0.3, -0.25) is 0 Å². The second-order valence-electron chi connectivity index (χ2n) is 4.75. The van der Waals surface area contributed by atoms with Crippen LogP contribution < -0.4 is 5.32 Å². The Morgan fingerprint density at radius 2 is 2.18 bits per heavy atom. The number of hydrogen-bond donors (Lipinski definition) is 1. The van der Waals surface area contributed by atoms with Crippen LogP contribution in [0.15, 0.2) is 10.7 Å². The molecular formula is C13H20BrN3. The van der Waals surface area contributed by atoms with E-state index in [1.165, 1.54) is 25.7 Å². The summed E-state index contributed by atoms with van der Waals surface area (Å²) in [6.45, 7) is 4.43. The summed E-state index contributed by atoms with van der Waals surface area (Å²) in [7, 11) is 0. The van der Waals surface area contributed by atoms with Gasteiger partial charge in [0.15, 0.2) is 0 Å². The lowest BCUT2D eigenvalue weighted by Crippen LogP contribution is -2.19. The molecule has 1 N–H and O–H groups in total. The molecule has 0 radical (unpaired) electrons. The summed E-state index contributed by atoms with van der Waals surface area (Å²) in [6.07, 6.45) is 6.00. The van der Waals surface area contributed by atoms with Gasteiger partial charge in [-0.1, -0.05) is 20.3 Å². The summed E-state index contributed by atoms with van der Waals surface area (Å²) >= 11 is 3.47. The van der Waals surface area contributed by atoms with Crippen molar-refractivity contribution in [2.45, 2.75) is 57.9 Å². The summed E-state index contributed by atoms with van der Waals surface area (Å²) in [5.74, 6) is 2.56. The van der Waals surface area contributed by atoms with Gasteiger partial charge in [-0.2, -0.15) is 0 Å². The summed E-state index contributed by atoms with van der Waals surface area (Å²) in [5.41, 5.74) is 0. The van der Waals surface area contributed by atoms with Gasteiger partial charge in [0.2, 0.25) is 0 Å². The molecular weight excluding hydrogens is 278 g/mol. The number of nitrogens with zero attached hydrogens (tertiary/aromatic N) is 2. The maximum Gasteiger partial charge on any atom is 0.135 e. The van der Waals surface area contributed by atoms with Crippen LogP contribution in [0.4, 0.5) is 5.82 Å². The van der Waals surface area contributed by atoms with Gasteiger partial charge in [0.25, 0.3) is 0 Å². The van der Waals surface area contributed by atoms with Crippen LogP contribution in [0.5, 0.6) is 0 Å². The van der Waals surface area contributed by atoms with Gasteiger partial charge >= 0.3 is 0 Å². The summed E-state index contributed by atoms with van der Waals surface area (Å²) < 4.78 is 0.892. The Morgan fingerprint density at radius 1 is 1.41 bits per heavy atom.